The van der Waals surface area contributed by atoms with Crippen LogP contribution in [0.2, 0.25) is 0 Å². The largest absolute Gasteiger partial charge is 0.368 e. The fourth-order valence-corrected chi connectivity index (χ4v) is 3.89. The lowest BCUT2D eigenvalue weighted by Gasteiger charge is -2.31. The quantitative estimate of drug-likeness (QED) is 0.905. The van der Waals surface area contributed by atoms with Crippen molar-refractivity contribution in [1.29, 1.82) is 5.26 Å². The van der Waals surface area contributed by atoms with E-state index < -0.39 is 0 Å². The van der Waals surface area contributed by atoms with Gasteiger partial charge in [-0.2, -0.15) is 5.26 Å². The maximum absolute atomic E-state index is 8.92. The van der Waals surface area contributed by atoms with E-state index in [4.69, 9.17) is 5.26 Å². The Morgan fingerprint density at radius 3 is 2.86 bits per heavy atom. The minimum Gasteiger partial charge on any atom is -0.368 e. The lowest BCUT2D eigenvalue weighted by molar-refractivity contribution is 0.193. The number of nitrogens with one attached hydrogen (secondary N) is 1. The molecule has 118 valence electrons. The van der Waals surface area contributed by atoms with Crippen molar-refractivity contribution in [2.24, 2.45) is 5.92 Å². The van der Waals surface area contributed by atoms with Crippen molar-refractivity contribution in [3.8, 4) is 6.07 Å². The zero-order valence-electron chi connectivity index (χ0n) is 13.3. The van der Waals surface area contributed by atoms with Crippen LogP contribution in [0.25, 0.3) is 0 Å². The molecule has 1 atom stereocenters. The number of nitrogens with zero attached hydrogens (tertiary/aromatic N) is 3. The van der Waals surface area contributed by atoms with Crippen molar-refractivity contribution >= 4 is 5.82 Å². The van der Waals surface area contributed by atoms with Gasteiger partial charge in [0.25, 0.3) is 0 Å². The Balaban J connectivity index is 1.51. The third kappa shape index (κ3) is 3.98. The van der Waals surface area contributed by atoms with Gasteiger partial charge >= 0.3 is 0 Å². The van der Waals surface area contributed by atoms with Gasteiger partial charge in [-0.15, -0.1) is 0 Å². The Labute approximate surface area is 133 Å². The second-order valence-electron chi connectivity index (χ2n) is 6.70. The fraction of sp³-hybridized carbons (Fsp3) is 0.667. The molecular weight excluding hydrogens is 272 g/mol. The molecule has 3 rings (SSSR count). The van der Waals surface area contributed by atoms with E-state index in [9.17, 15) is 0 Å². The third-order valence-electron chi connectivity index (χ3n) is 5.10. The van der Waals surface area contributed by atoms with Gasteiger partial charge in [-0.3, -0.25) is 4.90 Å². The molecule has 1 saturated heterocycles. The highest BCUT2D eigenvalue weighted by Crippen LogP contribution is 2.27. The van der Waals surface area contributed by atoms with Crippen molar-refractivity contribution in [1.82, 2.24) is 9.88 Å². The molecule has 1 unspecified atom stereocenters. The van der Waals surface area contributed by atoms with Crippen LogP contribution in [0, 0.1) is 17.2 Å². The van der Waals surface area contributed by atoms with Crippen LogP contribution in [-0.4, -0.2) is 35.6 Å². The van der Waals surface area contributed by atoms with Gasteiger partial charge in [0.05, 0.1) is 0 Å². The van der Waals surface area contributed by atoms with Crippen LogP contribution in [0.3, 0.4) is 0 Å². The number of aromatic nitrogens is 1. The van der Waals surface area contributed by atoms with E-state index in [-0.39, 0.29) is 0 Å². The summed E-state index contributed by atoms with van der Waals surface area (Å²) in [7, 11) is 0. The molecule has 0 aromatic carbocycles. The number of hydrogen-bond donors (Lipinski definition) is 1. The molecule has 4 nitrogen and oxygen atoms in total. The average molecular weight is 298 g/mol. The summed E-state index contributed by atoms with van der Waals surface area (Å²) in [5.74, 6) is 1.73. The summed E-state index contributed by atoms with van der Waals surface area (Å²) in [5, 5.41) is 12.3. The zero-order chi connectivity index (χ0) is 15.2. The number of pyridine rings is 1. The van der Waals surface area contributed by atoms with Crippen molar-refractivity contribution < 1.29 is 0 Å². The molecule has 1 saturated carbocycles. The molecule has 1 N–H and O–H groups in total. The highest BCUT2D eigenvalue weighted by Gasteiger charge is 2.27. The van der Waals surface area contributed by atoms with Gasteiger partial charge in [0.1, 0.15) is 17.6 Å². The van der Waals surface area contributed by atoms with Crippen molar-refractivity contribution in [2.75, 3.05) is 25.0 Å². The van der Waals surface area contributed by atoms with Crippen molar-refractivity contribution in [2.45, 2.75) is 51.0 Å². The number of rotatable bonds is 5. The van der Waals surface area contributed by atoms with E-state index in [2.05, 4.69) is 21.3 Å². The van der Waals surface area contributed by atoms with Crippen LogP contribution in [0.4, 0.5) is 5.82 Å². The SMILES string of the molecule is N#Cc1cccc(NCC2CCCN2CC2CCCCC2)n1. The number of hydrogen-bond acceptors (Lipinski definition) is 4. The molecule has 0 amide bonds. The van der Waals surface area contributed by atoms with Crippen LogP contribution < -0.4 is 5.32 Å². The molecule has 0 bridgehead atoms. The van der Waals surface area contributed by atoms with Gasteiger partial charge in [0, 0.05) is 19.1 Å². The van der Waals surface area contributed by atoms with Crippen LogP contribution in [0.5, 0.6) is 0 Å². The molecule has 1 aromatic rings. The maximum Gasteiger partial charge on any atom is 0.142 e. The van der Waals surface area contributed by atoms with E-state index in [0.29, 0.717) is 11.7 Å². The first-order chi connectivity index (χ1) is 10.8. The smallest absolute Gasteiger partial charge is 0.142 e. The second kappa shape index (κ2) is 7.60. The van der Waals surface area contributed by atoms with Crippen LogP contribution >= 0.6 is 0 Å². The van der Waals surface area contributed by atoms with Gasteiger partial charge in [0.2, 0.25) is 0 Å². The lowest BCUT2D eigenvalue weighted by Crippen LogP contribution is -2.38. The molecule has 2 fully saturated rings. The molecule has 2 aliphatic rings. The van der Waals surface area contributed by atoms with E-state index in [1.54, 1.807) is 6.07 Å². The molecular formula is C18H26N4. The molecule has 22 heavy (non-hydrogen) atoms. The first-order valence-electron chi connectivity index (χ1n) is 8.70. The minimum atomic E-state index is 0.482. The van der Waals surface area contributed by atoms with E-state index in [1.807, 2.05) is 12.1 Å². The van der Waals surface area contributed by atoms with Crippen LogP contribution in [0.1, 0.15) is 50.6 Å². The van der Waals surface area contributed by atoms with Crippen molar-refractivity contribution in [3.05, 3.63) is 23.9 Å². The summed E-state index contributed by atoms with van der Waals surface area (Å²) < 4.78 is 0. The molecule has 4 heteroatoms. The summed E-state index contributed by atoms with van der Waals surface area (Å²) in [6.07, 6.45) is 9.70. The average Bonchev–Trinajstić information content (AvgIpc) is 3.01. The highest BCUT2D eigenvalue weighted by atomic mass is 15.2. The molecule has 1 aliphatic carbocycles. The summed E-state index contributed by atoms with van der Waals surface area (Å²) in [6, 6.07) is 8.30. The van der Waals surface area contributed by atoms with E-state index >= 15 is 0 Å². The Hall–Kier alpha value is -1.60. The normalized spacial score (nSPS) is 23.3. The van der Waals surface area contributed by atoms with E-state index in [0.717, 1.165) is 18.3 Å². The molecule has 2 heterocycles. The Morgan fingerprint density at radius 1 is 1.18 bits per heavy atom. The molecule has 1 aromatic heterocycles. The molecule has 0 spiro atoms. The topological polar surface area (TPSA) is 52.0 Å². The van der Waals surface area contributed by atoms with Crippen molar-refractivity contribution in [3.63, 3.8) is 0 Å². The summed E-state index contributed by atoms with van der Waals surface area (Å²) >= 11 is 0. The number of nitriles is 1. The first-order valence-corrected chi connectivity index (χ1v) is 8.70. The van der Waals surface area contributed by atoms with Crippen LogP contribution in [-0.2, 0) is 0 Å². The van der Waals surface area contributed by atoms with Gasteiger partial charge < -0.3 is 5.32 Å². The predicted molar refractivity (Wildman–Crippen MR) is 88.6 cm³/mol. The summed E-state index contributed by atoms with van der Waals surface area (Å²) in [6.45, 7) is 3.46. The Kier molecular flexibility index (Phi) is 5.29. The fourth-order valence-electron chi connectivity index (χ4n) is 3.89. The van der Waals surface area contributed by atoms with Gasteiger partial charge in [-0.1, -0.05) is 25.3 Å². The third-order valence-corrected chi connectivity index (χ3v) is 5.10. The minimum absolute atomic E-state index is 0.482. The second-order valence-corrected chi connectivity index (χ2v) is 6.70. The molecule has 0 radical (unpaired) electrons. The monoisotopic (exact) mass is 298 g/mol. The predicted octanol–water partition coefficient (Wildman–Crippen LogP) is 3.41. The number of anilines is 1. The first kappa shape index (κ1) is 15.3. The van der Waals surface area contributed by atoms with Gasteiger partial charge in [-0.25, -0.2) is 4.98 Å². The van der Waals surface area contributed by atoms with Gasteiger partial charge in [0.15, 0.2) is 0 Å². The lowest BCUT2D eigenvalue weighted by atomic mass is 9.89. The van der Waals surface area contributed by atoms with Gasteiger partial charge in [-0.05, 0) is 50.3 Å². The number of likely N-dealkylation sites (tertiary alicyclic amines) is 1. The maximum atomic E-state index is 8.92. The summed E-state index contributed by atoms with van der Waals surface area (Å²) in [4.78, 5) is 6.98. The molecule has 1 aliphatic heterocycles. The Bertz CT molecular complexity index is 516. The standard InChI is InChI=1S/C18H26N4/c19-12-16-8-4-10-18(21-16)20-13-17-9-5-11-22(17)14-15-6-2-1-3-7-15/h4,8,10,15,17H,1-3,5-7,9,11,13-14H2,(H,20,21). The van der Waals surface area contributed by atoms with E-state index in [1.165, 1.54) is 58.0 Å². The Morgan fingerprint density at radius 2 is 2.05 bits per heavy atom. The summed E-state index contributed by atoms with van der Waals surface area (Å²) in [5.41, 5.74) is 0.482. The van der Waals surface area contributed by atoms with Crippen LogP contribution in [0.15, 0.2) is 18.2 Å². The highest BCUT2D eigenvalue weighted by molar-refractivity contribution is 5.38. The zero-order valence-corrected chi connectivity index (χ0v) is 13.3.